The molecule has 0 spiro atoms. The number of thiazole rings is 1. The molecule has 0 saturated heterocycles. The lowest BCUT2D eigenvalue weighted by Gasteiger charge is -2.28. The van der Waals surface area contributed by atoms with E-state index in [1.807, 2.05) is 5.51 Å². The third-order valence-electron chi connectivity index (χ3n) is 4.22. The van der Waals surface area contributed by atoms with Crippen molar-refractivity contribution < 1.29 is 14.6 Å². The highest BCUT2D eigenvalue weighted by Crippen LogP contribution is 2.42. The summed E-state index contributed by atoms with van der Waals surface area (Å²) in [6, 6.07) is 0. The zero-order chi connectivity index (χ0) is 15.6. The molecule has 2 aromatic rings. The first-order valence-electron chi connectivity index (χ1n) is 7.07. The fourth-order valence-electron chi connectivity index (χ4n) is 3.19. The van der Waals surface area contributed by atoms with Crippen LogP contribution in [0.3, 0.4) is 0 Å². The number of hydrogen-bond acceptors (Lipinski definition) is 6. The van der Waals surface area contributed by atoms with Gasteiger partial charge < -0.3 is 14.4 Å². The molecule has 3 rings (SSSR count). The SMILES string of the molecule is O=COc1cn(CC2(c3cscn3)CCCC2)cc(O)c1=O. The Bertz CT molecular complexity index is 718. The van der Waals surface area contributed by atoms with Gasteiger partial charge in [-0.05, 0) is 12.8 Å². The predicted molar refractivity (Wildman–Crippen MR) is 81.3 cm³/mol. The Kier molecular flexibility index (Phi) is 3.98. The lowest BCUT2D eigenvalue weighted by Crippen LogP contribution is -2.29. The number of rotatable bonds is 5. The maximum atomic E-state index is 11.7. The molecule has 0 amide bonds. The van der Waals surface area contributed by atoms with Crippen molar-refractivity contribution in [2.75, 3.05) is 0 Å². The second kappa shape index (κ2) is 5.92. The summed E-state index contributed by atoms with van der Waals surface area (Å²) < 4.78 is 6.37. The monoisotopic (exact) mass is 320 g/mol. The molecule has 7 heteroatoms. The van der Waals surface area contributed by atoms with Gasteiger partial charge in [-0.1, -0.05) is 12.8 Å². The standard InChI is InChI=1S/C15H16N2O4S/c18-10-21-12-6-17(5-11(19)14(12)20)8-15(3-1-2-4-15)13-7-22-9-16-13/h5-7,9-10,19H,1-4,8H2. The summed E-state index contributed by atoms with van der Waals surface area (Å²) in [7, 11) is 0. The zero-order valence-corrected chi connectivity index (χ0v) is 12.7. The fourth-order valence-corrected chi connectivity index (χ4v) is 3.86. The Balaban J connectivity index is 1.97. The van der Waals surface area contributed by atoms with E-state index in [9.17, 15) is 14.7 Å². The van der Waals surface area contributed by atoms with Crippen molar-refractivity contribution >= 4 is 17.8 Å². The molecule has 0 aromatic carbocycles. The van der Waals surface area contributed by atoms with E-state index in [-0.39, 0.29) is 17.6 Å². The van der Waals surface area contributed by atoms with E-state index in [4.69, 9.17) is 0 Å². The minimum absolute atomic E-state index is 0.0973. The van der Waals surface area contributed by atoms with Gasteiger partial charge in [0.25, 0.3) is 11.9 Å². The van der Waals surface area contributed by atoms with Crippen LogP contribution in [0.5, 0.6) is 11.5 Å². The molecule has 1 N–H and O–H groups in total. The van der Waals surface area contributed by atoms with Gasteiger partial charge in [-0.15, -0.1) is 11.3 Å². The van der Waals surface area contributed by atoms with E-state index < -0.39 is 11.2 Å². The maximum absolute atomic E-state index is 11.7. The number of hydrogen-bond donors (Lipinski definition) is 1. The molecule has 2 heterocycles. The Hall–Kier alpha value is -2.15. The summed E-state index contributed by atoms with van der Waals surface area (Å²) in [5, 5.41) is 11.8. The molecule has 6 nitrogen and oxygen atoms in total. The Labute approximate surface area is 131 Å². The second-order valence-corrected chi connectivity index (χ2v) is 6.30. The molecule has 0 atom stereocenters. The van der Waals surface area contributed by atoms with Crippen LogP contribution in [0.1, 0.15) is 31.4 Å². The summed E-state index contributed by atoms with van der Waals surface area (Å²) in [4.78, 5) is 26.6. The number of nitrogens with zero attached hydrogens (tertiary/aromatic N) is 2. The average Bonchev–Trinajstić information content (AvgIpc) is 3.16. The van der Waals surface area contributed by atoms with E-state index in [2.05, 4.69) is 15.1 Å². The number of pyridine rings is 1. The zero-order valence-electron chi connectivity index (χ0n) is 11.9. The predicted octanol–water partition coefficient (Wildman–Crippen LogP) is 2.06. The van der Waals surface area contributed by atoms with Gasteiger partial charge in [0.05, 0.1) is 23.6 Å². The van der Waals surface area contributed by atoms with E-state index in [1.54, 1.807) is 15.9 Å². The molecule has 0 radical (unpaired) electrons. The summed E-state index contributed by atoms with van der Waals surface area (Å²) in [5.41, 5.74) is 2.09. The first-order chi connectivity index (χ1) is 10.6. The number of aromatic nitrogens is 2. The molecular formula is C15H16N2O4S. The van der Waals surface area contributed by atoms with Crippen molar-refractivity contribution in [3.8, 4) is 11.5 Å². The van der Waals surface area contributed by atoms with Crippen LogP contribution in [0.4, 0.5) is 0 Å². The molecule has 0 bridgehead atoms. The molecule has 1 saturated carbocycles. The summed E-state index contributed by atoms with van der Waals surface area (Å²) in [6.07, 6.45) is 7.11. The fraction of sp³-hybridized carbons (Fsp3) is 0.400. The van der Waals surface area contributed by atoms with Crippen LogP contribution in [0.2, 0.25) is 0 Å². The van der Waals surface area contributed by atoms with Crippen molar-refractivity contribution in [3.63, 3.8) is 0 Å². The maximum Gasteiger partial charge on any atom is 0.298 e. The number of carbonyl (C=O) groups is 1. The first kappa shape index (κ1) is 14.8. The van der Waals surface area contributed by atoms with Crippen LogP contribution < -0.4 is 10.2 Å². The van der Waals surface area contributed by atoms with Crippen molar-refractivity contribution in [1.82, 2.24) is 9.55 Å². The molecular weight excluding hydrogens is 304 g/mol. The smallest absolute Gasteiger partial charge is 0.298 e. The van der Waals surface area contributed by atoms with E-state index in [1.165, 1.54) is 12.4 Å². The largest absolute Gasteiger partial charge is 0.503 e. The van der Waals surface area contributed by atoms with Gasteiger partial charge in [0.2, 0.25) is 0 Å². The third kappa shape index (κ3) is 2.64. The van der Waals surface area contributed by atoms with E-state index in [0.29, 0.717) is 6.54 Å². The summed E-state index contributed by atoms with van der Waals surface area (Å²) >= 11 is 1.56. The van der Waals surface area contributed by atoms with Crippen molar-refractivity contribution in [1.29, 1.82) is 0 Å². The van der Waals surface area contributed by atoms with Gasteiger partial charge in [0, 0.05) is 17.3 Å². The van der Waals surface area contributed by atoms with Crippen molar-refractivity contribution in [3.05, 3.63) is 39.2 Å². The van der Waals surface area contributed by atoms with Gasteiger partial charge in [0.15, 0.2) is 11.5 Å². The molecule has 0 aliphatic heterocycles. The van der Waals surface area contributed by atoms with E-state index in [0.717, 1.165) is 31.4 Å². The number of aromatic hydroxyl groups is 1. The highest BCUT2D eigenvalue weighted by molar-refractivity contribution is 7.07. The molecule has 116 valence electrons. The summed E-state index contributed by atoms with van der Waals surface area (Å²) in [6.45, 7) is 0.770. The van der Waals surface area contributed by atoms with Crippen LogP contribution in [0, 0.1) is 0 Å². The number of ether oxygens (including phenoxy) is 1. The van der Waals surface area contributed by atoms with Crippen LogP contribution in [-0.2, 0) is 16.8 Å². The van der Waals surface area contributed by atoms with Gasteiger partial charge in [-0.3, -0.25) is 9.59 Å². The normalized spacial score (nSPS) is 16.5. The van der Waals surface area contributed by atoms with Gasteiger partial charge in [-0.2, -0.15) is 0 Å². The first-order valence-corrected chi connectivity index (χ1v) is 8.01. The van der Waals surface area contributed by atoms with Crippen LogP contribution in [-0.4, -0.2) is 21.1 Å². The topological polar surface area (TPSA) is 81.4 Å². The quantitative estimate of drug-likeness (QED) is 0.853. The van der Waals surface area contributed by atoms with Gasteiger partial charge in [-0.25, -0.2) is 4.98 Å². The minimum Gasteiger partial charge on any atom is -0.503 e. The molecule has 1 aliphatic carbocycles. The summed E-state index contributed by atoms with van der Waals surface area (Å²) in [5.74, 6) is -0.591. The Morgan fingerprint density at radius 1 is 1.41 bits per heavy atom. The molecule has 22 heavy (non-hydrogen) atoms. The Morgan fingerprint density at radius 2 is 2.18 bits per heavy atom. The number of carbonyl (C=O) groups excluding carboxylic acids is 1. The van der Waals surface area contributed by atoms with E-state index >= 15 is 0 Å². The molecule has 0 unspecified atom stereocenters. The minimum atomic E-state index is -0.683. The highest BCUT2D eigenvalue weighted by Gasteiger charge is 2.37. The van der Waals surface area contributed by atoms with Crippen molar-refractivity contribution in [2.24, 2.45) is 0 Å². The van der Waals surface area contributed by atoms with Gasteiger partial charge in [0.1, 0.15) is 0 Å². The van der Waals surface area contributed by atoms with Crippen LogP contribution >= 0.6 is 11.3 Å². The van der Waals surface area contributed by atoms with Gasteiger partial charge >= 0.3 is 0 Å². The molecule has 1 fully saturated rings. The third-order valence-corrected chi connectivity index (χ3v) is 4.81. The highest BCUT2D eigenvalue weighted by atomic mass is 32.1. The molecule has 2 aromatic heterocycles. The lowest BCUT2D eigenvalue weighted by atomic mass is 9.83. The lowest BCUT2D eigenvalue weighted by molar-refractivity contribution is -0.120. The van der Waals surface area contributed by atoms with Crippen molar-refractivity contribution in [2.45, 2.75) is 37.6 Å². The second-order valence-electron chi connectivity index (χ2n) is 5.58. The van der Waals surface area contributed by atoms with Crippen LogP contribution in [0.15, 0.2) is 28.1 Å². The molecule has 1 aliphatic rings. The van der Waals surface area contributed by atoms with Crippen LogP contribution in [0.25, 0.3) is 0 Å². The average molecular weight is 320 g/mol. The Morgan fingerprint density at radius 3 is 2.82 bits per heavy atom.